The number of nitrogens with one attached hydrogen (secondary N) is 4. The predicted molar refractivity (Wildman–Crippen MR) is 119 cm³/mol. The second-order valence-corrected chi connectivity index (χ2v) is 9.24. The minimum Gasteiger partial charge on any atom is -0.376 e. The van der Waals surface area contributed by atoms with E-state index in [9.17, 15) is 4.79 Å². The molecule has 4 rings (SSSR count). The molecule has 1 amide bonds. The Bertz CT molecular complexity index is 798. The number of halogens is 1. The fraction of sp³-hybridized carbons (Fsp3) is 0.526. The number of ether oxygens (including phenoxy) is 1. The monoisotopic (exact) mass is 480 g/mol. The van der Waals surface area contributed by atoms with E-state index in [0.717, 1.165) is 29.6 Å². The number of carbonyl (C=O) groups is 1. The van der Waals surface area contributed by atoms with Gasteiger partial charge in [-0.25, -0.2) is 10.4 Å². The predicted octanol–water partition coefficient (Wildman–Crippen LogP) is 2.07. The van der Waals surface area contributed by atoms with Gasteiger partial charge in [0.15, 0.2) is 5.17 Å². The van der Waals surface area contributed by atoms with E-state index in [4.69, 9.17) is 15.1 Å². The van der Waals surface area contributed by atoms with Gasteiger partial charge in [-0.3, -0.25) is 20.5 Å². The van der Waals surface area contributed by atoms with Crippen LogP contribution in [0.5, 0.6) is 0 Å². The van der Waals surface area contributed by atoms with Gasteiger partial charge in [0.1, 0.15) is 12.0 Å². The van der Waals surface area contributed by atoms with E-state index < -0.39 is 0 Å². The molecule has 3 aliphatic heterocycles. The molecule has 3 heterocycles. The third kappa shape index (κ3) is 4.66. The van der Waals surface area contributed by atoms with Crippen LogP contribution < -0.4 is 21.1 Å². The number of nitrogens with zero attached hydrogens (tertiary/aromatic N) is 2. The lowest BCUT2D eigenvalue weighted by atomic mass is 9.97. The summed E-state index contributed by atoms with van der Waals surface area (Å²) in [6.45, 7) is 3.36. The molecule has 2 saturated heterocycles. The molecule has 4 atom stereocenters. The SMILES string of the molecule is CC1NNC2N=C(SCC(=O)NCC3CCCO3)N(c3ccc(Br)cc3)C(=N)C12. The first kappa shape index (κ1) is 20.8. The van der Waals surface area contributed by atoms with Crippen LogP contribution in [0.15, 0.2) is 33.7 Å². The summed E-state index contributed by atoms with van der Waals surface area (Å²) in [7, 11) is 0. The van der Waals surface area contributed by atoms with E-state index in [1.807, 2.05) is 36.1 Å². The number of hydrogen-bond acceptors (Lipinski definition) is 7. The lowest BCUT2D eigenvalue weighted by molar-refractivity contribution is -0.119. The molecule has 0 aliphatic carbocycles. The summed E-state index contributed by atoms with van der Waals surface area (Å²) in [6.07, 6.45) is 1.97. The zero-order valence-electron chi connectivity index (χ0n) is 16.2. The number of hydrazine groups is 1. The van der Waals surface area contributed by atoms with Gasteiger partial charge < -0.3 is 10.1 Å². The number of rotatable bonds is 5. The van der Waals surface area contributed by atoms with E-state index in [0.29, 0.717) is 17.5 Å². The van der Waals surface area contributed by atoms with Crippen LogP contribution in [0.2, 0.25) is 0 Å². The Morgan fingerprint density at radius 3 is 2.93 bits per heavy atom. The lowest BCUT2D eigenvalue weighted by Crippen LogP contribution is -2.50. The molecule has 1 aromatic rings. The van der Waals surface area contributed by atoms with Crippen molar-refractivity contribution in [1.82, 2.24) is 16.2 Å². The Balaban J connectivity index is 1.47. The molecule has 156 valence electrons. The normalized spacial score (nSPS) is 29.0. The van der Waals surface area contributed by atoms with Crippen LogP contribution >= 0.6 is 27.7 Å². The van der Waals surface area contributed by atoms with Crippen molar-refractivity contribution in [2.24, 2.45) is 10.9 Å². The molecule has 0 aromatic heterocycles. The summed E-state index contributed by atoms with van der Waals surface area (Å²) in [5.41, 5.74) is 7.20. The number of aliphatic imine (C=N–C) groups is 1. The number of amidine groups is 2. The van der Waals surface area contributed by atoms with Crippen molar-refractivity contribution in [3.05, 3.63) is 28.7 Å². The zero-order chi connectivity index (χ0) is 20.4. The first-order chi connectivity index (χ1) is 14.0. The molecule has 3 aliphatic rings. The molecule has 29 heavy (non-hydrogen) atoms. The minimum atomic E-state index is -0.207. The van der Waals surface area contributed by atoms with E-state index in [-0.39, 0.29) is 35.9 Å². The maximum atomic E-state index is 12.3. The van der Waals surface area contributed by atoms with E-state index in [2.05, 4.69) is 32.1 Å². The van der Waals surface area contributed by atoms with Crippen LogP contribution in [-0.4, -0.2) is 54.1 Å². The van der Waals surface area contributed by atoms with Gasteiger partial charge in [0.05, 0.1) is 17.8 Å². The number of benzene rings is 1. The summed E-state index contributed by atoms with van der Waals surface area (Å²) in [4.78, 5) is 19.0. The quantitative estimate of drug-likeness (QED) is 0.514. The number of carbonyl (C=O) groups excluding carboxylic acids is 1. The standard InChI is InChI=1S/C19H25BrN6O2S/c1-11-16-17(21)26(13-6-4-12(20)5-7-13)19(23-18(16)25-24-11)29-10-15(27)22-9-14-3-2-8-28-14/h4-7,11,14,16,18,21,24-25H,2-3,8-10H2,1H3,(H,22,27). The number of fused-ring (bicyclic) bond motifs is 1. The molecule has 0 bridgehead atoms. The van der Waals surface area contributed by atoms with Gasteiger partial charge in [-0.2, -0.15) is 0 Å². The maximum Gasteiger partial charge on any atom is 0.230 e. The fourth-order valence-corrected chi connectivity index (χ4v) is 4.90. The van der Waals surface area contributed by atoms with Crippen molar-refractivity contribution in [3.63, 3.8) is 0 Å². The first-order valence-electron chi connectivity index (χ1n) is 9.77. The Labute approximate surface area is 182 Å². The van der Waals surface area contributed by atoms with Gasteiger partial charge in [-0.05, 0) is 44.0 Å². The third-order valence-electron chi connectivity index (χ3n) is 5.30. The van der Waals surface area contributed by atoms with Gasteiger partial charge >= 0.3 is 0 Å². The smallest absolute Gasteiger partial charge is 0.230 e. The Kier molecular flexibility index (Phi) is 6.55. The average Bonchev–Trinajstić information content (AvgIpc) is 3.36. The minimum absolute atomic E-state index is 0.0523. The maximum absolute atomic E-state index is 12.3. The van der Waals surface area contributed by atoms with Crippen molar-refractivity contribution < 1.29 is 9.53 Å². The van der Waals surface area contributed by atoms with Crippen LogP contribution in [0, 0.1) is 11.3 Å². The van der Waals surface area contributed by atoms with E-state index in [1.165, 1.54) is 11.8 Å². The molecular formula is C19H25BrN6O2S. The van der Waals surface area contributed by atoms with Gasteiger partial charge in [0, 0.05) is 29.4 Å². The van der Waals surface area contributed by atoms with Crippen molar-refractivity contribution in [2.75, 3.05) is 23.8 Å². The molecule has 4 unspecified atom stereocenters. The fourth-order valence-electron chi connectivity index (χ4n) is 3.75. The van der Waals surface area contributed by atoms with Gasteiger partial charge in [-0.1, -0.05) is 27.7 Å². The van der Waals surface area contributed by atoms with Crippen LogP contribution in [0.25, 0.3) is 0 Å². The number of thioether (sulfide) groups is 1. The molecule has 4 N–H and O–H groups in total. The van der Waals surface area contributed by atoms with E-state index in [1.54, 1.807) is 0 Å². The highest BCUT2D eigenvalue weighted by Gasteiger charge is 2.43. The van der Waals surface area contributed by atoms with Crippen molar-refractivity contribution in [1.29, 1.82) is 5.41 Å². The van der Waals surface area contributed by atoms with Gasteiger partial charge in [0.2, 0.25) is 5.91 Å². The summed E-state index contributed by atoms with van der Waals surface area (Å²) < 4.78 is 6.53. The average molecular weight is 481 g/mol. The molecule has 8 nitrogen and oxygen atoms in total. The lowest BCUT2D eigenvalue weighted by Gasteiger charge is -2.35. The second kappa shape index (κ2) is 9.13. The van der Waals surface area contributed by atoms with Crippen LogP contribution in [0.1, 0.15) is 19.8 Å². The Hall–Kier alpha value is -1.46. The van der Waals surface area contributed by atoms with Gasteiger partial charge in [0.25, 0.3) is 0 Å². The molecule has 0 spiro atoms. The number of amides is 1. The Morgan fingerprint density at radius 1 is 1.41 bits per heavy atom. The van der Waals surface area contributed by atoms with Crippen molar-refractivity contribution >= 4 is 50.3 Å². The molecule has 1 aromatic carbocycles. The number of hydrogen-bond donors (Lipinski definition) is 4. The molecular weight excluding hydrogens is 456 g/mol. The topological polar surface area (TPSA) is 102 Å². The third-order valence-corrected chi connectivity index (χ3v) is 6.78. The van der Waals surface area contributed by atoms with Crippen molar-refractivity contribution in [2.45, 2.75) is 38.1 Å². The highest BCUT2D eigenvalue weighted by atomic mass is 79.9. The van der Waals surface area contributed by atoms with Crippen LogP contribution in [0.4, 0.5) is 5.69 Å². The molecule has 0 saturated carbocycles. The molecule has 0 radical (unpaired) electrons. The van der Waals surface area contributed by atoms with E-state index >= 15 is 0 Å². The van der Waals surface area contributed by atoms with Crippen LogP contribution in [-0.2, 0) is 9.53 Å². The summed E-state index contributed by atoms with van der Waals surface area (Å²) in [5.74, 6) is 0.589. The Morgan fingerprint density at radius 2 is 2.21 bits per heavy atom. The largest absolute Gasteiger partial charge is 0.376 e. The first-order valence-corrected chi connectivity index (χ1v) is 11.5. The highest BCUT2D eigenvalue weighted by Crippen LogP contribution is 2.32. The summed E-state index contributed by atoms with van der Waals surface area (Å²) in [5, 5.41) is 12.4. The second-order valence-electron chi connectivity index (χ2n) is 7.38. The van der Waals surface area contributed by atoms with Crippen LogP contribution in [0.3, 0.4) is 0 Å². The molecule has 10 heteroatoms. The zero-order valence-corrected chi connectivity index (χ0v) is 18.6. The molecule has 2 fully saturated rings. The number of anilines is 1. The summed E-state index contributed by atoms with van der Waals surface area (Å²) in [6, 6.07) is 7.88. The highest BCUT2D eigenvalue weighted by molar-refractivity contribution is 9.10. The van der Waals surface area contributed by atoms with Gasteiger partial charge in [-0.15, -0.1) is 0 Å². The van der Waals surface area contributed by atoms with Crippen molar-refractivity contribution in [3.8, 4) is 0 Å². The summed E-state index contributed by atoms with van der Waals surface area (Å²) >= 11 is 4.81.